The minimum absolute atomic E-state index is 0.555. The summed E-state index contributed by atoms with van der Waals surface area (Å²) < 4.78 is 5.46. The summed E-state index contributed by atoms with van der Waals surface area (Å²) in [5.41, 5.74) is 3.52. The summed E-state index contributed by atoms with van der Waals surface area (Å²) in [7, 11) is 0. The van der Waals surface area contributed by atoms with Gasteiger partial charge in [-0.2, -0.15) is 5.26 Å². The topological polar surface area (TPSA) is 45.9 Å². The van der Waals surface area contributed by atoms with E-state index in [4.69, 9.17) is 4.74 Å². The van der Waals surface area contributed by atoms with Crippen molar-refractivity contribution >= 4 is 23.0 Å². The van der Waals surface area contributed by atoms with Crippen molar-refractivity contribution in [3.05, 3.63) is 82.7 Å². The Bertz CT molecular complexity index is 948. The Morgan fingerprint density at radius 3 is 2.62 bits per heavy atom. The molecule has 0 saturated carbocycles. The molecule has 1 heterocycles. The van der Waals surface area contributed by atoms with E-state index >= 15 is 0 Å². The first kappa shape index (κ1) is 17.7. The maximum Gasteiger partial charge on any atom is 0.134 e. The number of allylic oxidation sites excluding steroid dienone is 3. The average Bonchev–Trinajstić information content (AvgIpc) is 3.17. The van der Waals surface area contributed by atoms with Gasteiger partial charge in [0.05, 0.1) is 17.9 Å². The molecule has 0 atom stereocenters. The molecule has 26 heavy (non-hydrogen) atoms. The fourth-order valence-corrected chi connectivity index (χ4v) is 3.20. The highest BCUT2D eigenvalue weighted by molar-refractivity contribution is 7.11. The minimum Gasteiger partial charge on any atom is -0.494 e. The van der Waals surface area contributed by atoms with Gasteiger partial charge in [-0.25, -0.2) is 4.98 Å². The van der Waals surface area contributed by atoms with Crippen LogP contribution in [-0.2, 0) is 0 Å². The van der Waals surface area contributed by atoms with Crippen molar-refractivity contribution in [2.24, 2.45) is 0 Å². The van der Waals surface area contributed by atoms with Gasteiger partial charge in [-0.05, 0) is 42.8 Å². The summed E-state index contributed by atoms with van der Waals surface area (Å²) in [5, 5.41) is 12.1. The highest BCUT2D eigenvalue weighted by Crippen LogP contribution is 2.27. The van der Waals surface area contributed by atoms with Crippen LogP contribution in [0.3, 0.4) is 0 Å². The first-order chi connectivity index (χ1) is 12.8. The fraction of sp³-hybridized carbons (Fsp3) is 0.0909. The third kappa shape index (κ3) is 4.47. The number of benzene rings is 2. The molecule has 0 unspecified atom stereocenters. The molecule has 0 radical (unpaired) electrons. The molecular formula is C22H18N2OS. The molecule has 3 aromatic rings. The van der Waals surface area contributed by atoms with Gasteiger partial charge in [0, 0.05) is 10.9 Å². The van der Waals surface area contributed by atoms with Crippen molar-refractivity contribution < 1.29 is 4.74 Å². The highest BCUT2D eigenvalue weighted by Gasteiger charge is 2.08. The number of hydrogen-bond donors (Lipinski definition) is 0. The van der Waals surface area contributed by atoms with Gasteiger partial charge in [-0.1, -0.05) is 42.5 Å². The lowest BCUT2D eigenvalue weighted by Gasteiger charge is -2.03. The van der Waals surface area contributed by atoms with Gasteiger partial charge in [0.1, 0.15) is 16.8 Å². The number of nitrogens with zero attached hydrogens (tertiary/aromatic N) is 2. The van der Waals surface area contributed by atoms with Crippen molar-refractivity contribution in [1.29, 1.82) is 5.26 Å². The van der Waals surface area contributed by atoms with Crippen molar-refractivity contribution in [1.82, 2.24) is 4.98 Å². The number of aromatic nitrogens is 1. The third-order valence-electron chi connectivity index (χ3n) is 3.67. The zero-order valence-corrected chi connectivity index (χ0v) is 15.2. The molecular weight excluding hydrogens is 340 g/mol. The standard InChI is InChI=1S/C22H18N2OS/c1-2-25-20-13-11-18(12-14-20)21-16-26-22(24-21)19(15-23)10-6-9-17-7-4-3-5-8-17/h3-14,16H,2H2,1H3. The molecule has 0 amide bonds. The number of hydrogen-bond acceptors (Lipinski definition) is 4. The number of ether oxygens (including phenoxy) is 1. The van der Waals surface area contributed by atoms with Crippen LogP contribution < -0.4 is 4.74 Å². The highest BCUT2D eigenvalue weighted by atomic mass is 32.1. The molecule has 0 aliphatic carbocycles. The first-order valence-electron chi connectivity index (χ1n) is 8.33. The van der Waals surface area contributed by atoms with E-state index in [1.54, 1.807) is 6.08 Å². The lowest BCUT2D eigenvalue weighted by Crippen LogP contribution is -1.90. The molecule has 128 valence electrons. The summed E-state index contributed by atoms with van der Waals surface area (Å²) in [6.45, 7) is 2.61. The molecule has 0 saturated heterocycles. The Morgan fingerprint density at radius 2 is 1.92 bits per heavy atom. The van der Waals surface area contributed by atoms with E-state index < -0.39 is 0 Å². The molecule has 0 aliphatic heterocycles. The normalized spacial score (nSPS) is 11.5. The van der Waals surface area contributed by atoms with E-state index in [1.807, 2.05) is 79.1 Å². The van der Waals surface area contributed by atoms with Crippen molar-refractivity contribution in [2.45, 2.75) is 6.92 Å². The summed E-state index contributed by atoms with van der Waals surface area (Å²) in [6.07, 6.45) is 5.65. The second kappa shape index (κ2) is 8.80. The fourth-order valence-electron chi connectivity index (χ4n) is 2.39. The molecule has 1 aromatic heterocycles. The van der Waals surface area contributed by atoms with Crippen LogP contribution in [0.5, 0.6) is 5.75 Å². The number of thiazole rings is 1. The predicted molar refractivity (Wildman–Crippen MR) is 108 cm³/mol. The van der Waals surface area contributed by atoms with Crippen LogP contribution in [0.2, 0.25) is 0 Å². The van der Waals surface area contributed by atoms with Gasteiger partial charge < -0.3 is 4.74 Å². The zero-order chi connectivity index (χ0) is 18.2. The zero-order valence-electron chi connectivity index (χ0n) is 14.4. The van der Waals surface area contributed by atoms with Gasteiger partial charge in [0.2, 0.25) is 0 Å². The van der Waals surface area contributed by atoms with Crippen LogP contribution >= 0.6 is 11.3 Å². The van der Waals surface area contributed by atoms with Crippen molar-refractivity contribution in [2.75, 3.05) is 6.61 Å². The molecule has 0 fully saturated rings. The molecule has 4 heteroatoms. The van der Waals surface area contributed by atoms with Gasteiger partial charge >= 0.3 is 0 Å². The summed E-state index contributed by atoms with van der Waals surface area (Å²) in [6, 6.07) is 20.0. The Labute approximate surface area is 157 Å². The van der Waals surface area contributed by atoms with E-state index in [1.165, 1.54) is 11.3 Å². The van der Waals surface area contributed by atoms with Crippen LogP contribution in [-0.4, -0.2) is 11.6 Å². The molecule has 0 bridgehead atoms. The lowest BCUT2D eigenvalue weighted by atomic mass is 10.1. The van der Waals surface area contributed by atoms with Gasteiger partial charge in [0.15, 0.2) is 0 Å². The molecule has 3 nitrogen and oxygen atoms in total. The quantitative estimate of drug-likeness (QED) is 0.411. The summed E-state index contributed by atoms with van der Waals surface area (Å²) in [5.74, 6) is 0.843. The summed E-state index contributed by atoms with van der Waals surface area (Å²) >= 11 is 1.47. The van der Waals surface area contributed by atoms with Crippen molar-refractivity contribution in [3.8, 4) is 23.1 Å². The van der Waals surface area contributed by atoms with Crippen LogP contribution in [0.15, 0.2) is 72.1 Å². The number of rotatable bonds is 6. The predicted octanol–water partition coefficient (Wildman–Crippen LogP) is 5.83. The molecule has 0 N–H and O–H groups in total. The van der Waals surface area contributed by atoms with E-state index in [-0.39, 0.29) is 0 Å². The first-order valence-corrected chi connectivity index (χ1v) is 9.20. The average molecular weight is 358 g/mol. The van der Waals surface area contributed by atoms with Crippen LogP contribution in [0.25, 0.3) is 22.9 Å². The third-order valence-corrected chi connectivity index (χ3v) is 4.54. The smallest absolute Gasteiger partial charge is 0.134 e. The molecule has 0 spiro atoms. The van der Waals surface area contributed by atoms with Crippen LogP contribution in [0, 0.1) is 11.3 Å². The number of nitriles is 1. The Kier molecular flexibility index (Phi) is 5.97. The largest absolute Gasteiger partial charge is 0.494 e. The second-order valence-electron chi connectivity index (χ2n) is 5.46. The van der Waals surface area contributed by atoms with Gasteiger partial charge in [-0.15, -0.1) is 11.3 Å². The lowest BCUT2D eigenvalue weighted by molar-refractivity contribution is 0.340. The van der Waals surface area contributed by atoms with Gasteiger partial charge in [-0.3, -0.25) is 0 Å². The minimum atomic E-state index is 0.555. The maximum absolute atomic E-state index is 9.45. The van der Waals surface area contributed by atoms with Crippen LogP contribution in [0.4, 0.5) is 0 Å². The van der Waals surface area contributed by atoms with E-state index in [9.17, 15) is 5.26 Å². The Balaban J connectivity index is 1.77. The second-order valence-corrected chi connectivity index (χ2v) is 6.32. The van der Waals surface area contributed by atoms with E-state index in [0.717, 1.165) is 22.6 Å². The van der Waals surface area contributed by atoms with E-state index in [0.29, 0.717) is 17.2 Å². The summed E-state index contributed by atoms with van der Waals surface area (Å²) in [4.78, 5) is 4.61. The Hall–Kier alpha value is -3.16. The molecule has 0 aliphatic rings. The monoisotopic (exact) mass is 358 g/mol. The van der Waals surface area contributed by atoms with E-state index in [2.05, 4.69) is 11.1 Å². The molecule has 3 rings (SSSR count). The Morgan fingerprint density at radius 1 is 1.15 bits per heavy atom. The van der Waals surface area contributed by atoms with Crippen LogP contribution in [0.1, 0.15) is 17.5 Å². The van der Waals surface area contributed by atoms with Crippen molar-refractivity contribution in [3.63, 3.8) is 0 Å². The maximum atomic E-state index is 9.45. The van der Waals surface area contributed by atoms with Gasteiger partial charge in [0.25, 0.3) is 0 Å². The SMILES string of the molecule is CCOc1ccc(-c2csc(C(C#N)=CC=Cc3ccccc3)n2)cc1. The molecule has 2 aromatic carbocycles.